The monoisotopic (exact) mass is 238 g/mol. The molecule has 0 radical (unpaired) electrons. The van der Waals surface area contributed by atoms with E-state index in [-0.39, 0.29) is 6.61 Å². The highest BCUT2D eigenvalue weighted by Crippen LogP contribution is 2.32. The van der Waals surface area contributed by atoms with E-state index in [2.05, 4.69) is 12.5 Å². The summed E-state index contributed by atoms with van der Waals surface area (Å²) in [5, 5.41) is 0. The van der Waals surface area contributed by atoms with Gasteiger partial charge in [0.25, 0.3) is 0 Å². The maximum Gasteiger partial charge on any atom is 0.303 e. The Kier molecular flexibility index (Phi) is 5.20. The number of carbonyl (C=O) groups excluding carboxylic acids is 1. The Labute approximate surface area is 102 Å². The molecule has 0 aromatic heterocycles. The van der Waals surface area contributed by atoms with Crippen LogP contribution in [0.5, 0.6) is 0 Å². The van der Waals surface area contributed by atoms with Crippen LogP contribution in [0.3, 0.4) is 0 Å². The van der Waals surface area contributed by atoms with Crippen molar-refractivity contribution in [1.82, 2.24) is 0 Å². The standard InChI is InChI=1S/C13H18O4/c1-4-9-15-13(8-6-7-10-16-13)12(5-2)17-11(3)14/h1,5,12H,2,6-10H2,3H3/t12-,13-/m1/s1. The van der Waals surface area contributed by atoms with Crippen LogP contribution >= 0.6 is 0 Å². The molecule has 0 bridgehead atoms. The van der Waals surface area contributed by atoms with Gasteiger partial charge in [0.15, 0.2) is 6.10 Å². The molecule has 17 heavy (non-hydrogen) atoms. The topological polar surface area (TPSA) is 44.8 Å². The second kappa shape index (κ2) is 6.43. The van der Waals surface area contributed by atoms with Crippen molar-refractivity contribution in [2.24, 2.45) is 0 Å². The molecule has 1 aliphatic heterocycles. The fraction of sp³-hybridized carbons (Fsp3) is 0.615. The highest BCUT2D eigenvalue weighted by molar-refractivity contribution is 5.66. The summed E-state index contributed by atoms with van der Waals surface area (Å²) < 4.78 is 16.4. The number of hydrogen-bond acceptors (Lipinski definition) is 4. The molecule has 0 amide bonds. The van der Waals surface area contributed by atoms with E-state index < -0.39 is 17.9 Å². The number of carbonyl (C=O) groups is 1. The molecule has 0 spiro atoms. The maximum absolute atomic E-state index is 11.1. The molecule has 1 heterocycles. The van der Waals surface area contributed by atoms with Gasteiger partial charge in [0.05, 0.1) is 6.61 Å². The summed E-state index contributed by atoms with van der Waals surface area (Å²) in [6.45, 7) is 5.68. The van der Waals surface area contributed by atoms with E-state index >= 15 is 0 Å². The van der Waals surface area contributed by atoms with E-state index in [0.717, 1.165) is 12.8 Å². The third-order valence-corrected chi connectivity index (χ3v) is 2.61. The number of rotatable bonds is 5. The van der Waals surface area contributed by atoms with E-state index in [4.69, 9.17) is 20.6 Å². The van der Waals surface area contributed by atoms with Crippen LogP contribution in [-0.4, -0.2) is 31.1 Å². The van der Waals surface area contributed by atoms with E-state index in [1.165, 1.54) is 13.0 Å². The van der Waals surface area contributed by atoms with Gasteiger partial charge < -0.3 is 14.2 Å². The van der Waals surface area contributed by atoms with Crippen molar-refractivity contribution in [1.29, 1.82) is 0 Å². The third kappa shape index (κ3) is 3.58. The van der Waals surface area contributed by atoms with Crippen LogP contribution in [0.25, 0.3) is 0 Å². The SMILES string of the molecule is C#CCO[C@]1([C@@H](C=C)OC(C)=O)CCCCO1. The Morgan fingerprint density at radius 1 is 1.71 bits per heavy atom. The predicted molar refractivity (Wildman–Crippen MR) is 63.1 cm³/mol. The minimum absolute atomic E-state index is 0.117. The van der Waals surface area contributed by atoms with Crippen molar-refractivity contribution >= 4 is 5.97 Å². The smallest absolute Gasteiger partial charge is 0.303 e. The van der Waals surface area contributed by atoms with Gasteiger partial charge in [-0.05, 0) is 18.9 Å². The van der Waals surface area contributed by atoms with Crippen LogP contribution in [0.1, 0.15) is 26.2 Å². The van der Waals surface area contributed by atoms with Crippen molar-refractivity contribution in [3.63, 3.8) is 0 Å². The lowest BCUT2D eigenvalue weighted by Crippen LogP contribution is -2.50. The van der Waals surface area contributed by atoms with Crippen LogP contribution in [0, 0.1) is 12.3 Å². The van der Waals surface area contributed by atoms with Gasteiger partial charge in [-0.15, -0.1) is 6.42 Å². The average Bonchev–Trinajstić information content (AvgIpc) is 2.34. The van der Waals surface area contributed by atoms with Gasteiger partial charge in [-0.25, -0.2) is 0 Å². The molecule has 1 saturated heterocycles. The van der Waals surface area contributed by atoms with E-state index in [1.54, 1.807) is 0 Å². The Bertz CT molecular complexity index is 310. The third-order valence-electron chi connectivity index (χ3n) is 2.61. The minimum atomic E-state index is -0.974. The molecule has 1 fully saturated rings. The largest absolute Gasteiger partial charge is 0.453 e. The first kappa shape index (κ1) is 13.8. The number of esters is 1. The summed E-state index contributed by atoms with van der Waals surface area (Å²) in [4.78, 5) is 11.1. The molecular weight excluding hydrogens is 220 g/mol. The quantitative estimate of drug-likeness (QED) is 0.415. The lowest BCUT2D eigenvalue weighted by Gasteiger charge is -2.40. The highest BCUT2D eigenvalue weighted by Gasteiger charge is 2.43. The summed E-state index contributed by atoms with van der Waals surface area (Å²) in [5.74, 6) is 1.03. The summed E-state index contributed by atoms with van der Waals surface area (Å²) in [5.41, 5.74) is 0. The fourth-order valence-corrected chi connectivity index (χ4v) is 1.87. The molecule has 4 nitrogen and oxygen atoms in total. The van der Waals surface area contributed by atoms with E-state index in [9.17, 15) is 4.79 Å². The van der Waals surface area contributed by atoms with Crippen molar-refractivity contribution in [2.75, 3.05) is 13.2 Å². The molecule has 4 heteroatoms. The molecule has 1 aliphatic rings. The van der Waals surface area contributed by atoms with Crippen LogP contribution in [0.2, 0.25) is 0 Å². The highest BCUT2D eigenvalue weighted by atomic mass is 16.7. The normalized spacial score (nSPS) is 25.6. The van der Waals surface area contributed by atoms with Gasteiger partial charge in [-0.2, -0.15) is 0 Å². The zero-order valence-corrected chi connectivity index (χ0v) is 10.1. The van der Waals surface area contributed by atoms with Gasteiger partial charge >= 0.3 is 5.97 Å². The lowest BCUT2D eigenvalue weighted by molar-refractivity contribution is -0.287. The Balaban J connectivity index is 2.81. The first-order valence-corrected chi connectivity index (χ1v) is 5.66. The molecule has 0 unspecified atom stereocenters. The van der Waals surface area contributed by atoms with E-state index in [0.29, 0.717) is 13.0 Å². The molecule has 2 atom stereocenters. The van der Waals surface area contributed by atoms with Crippen molar-refractivity contribution in [3.8, 4) is 12.3 Å². The summed E-state index contributed by atoms with van der Waals surface area (Å²) in [6.07, 6.45) is 8.61. The Morgan fingerprint density at radius 2 is 2.47 bits per heavy atom. The van der Waals surface area contributed by atoms with Crippen LogP contribution in [-0.2, 0) is 19.0 Å². The average molecular weight is 238 g/mol. The summed E-state index contributed by atoms with van der Waals surface area (Å²) in [6, 6.07) is 0. The summed E-state index contributed by atoms with van der Waals surface area (Å²) in [7, 11) is 0. The van der Waals surface area contributed by atoms with Gasteiger partial charge in [-0.1, -0.05) is 12.5 Å². The number of ether oxygens (including phenoxy) is 3. The molecule has 0 aromatic rings. The molecule has 1 rings (SSSR count). The first-order valence-electron chi connectivity index (χ1n) is 5.66. The first-order chi connectivity index (χ1) is 8.14. The van der Waals surface area contributed by atoms with Gasteiger partial charge in [-0.3, -0.25) is 4.79 Å². The van der Waals surface area contributed by atoms with Gasteiger partial charge in [0.2, 0.25) is 5.79 Å². The molecule has 0 saturated carbocycles. The van der Waals surface area contributed by atoms with Crippen LogP contribution in [0.15, 0.2) is 12.7 Å². The Morgan fingerprint density at radius 3 is 2.94 bits per heavy atom. The summed E-state index contributed by atoms with van der Waals surface area (Å²) >= 11 is 0. The predicted octanol–water partition coefficient (Wildman–Crippen LogP) is 1.65. The molecule has 0 aliphatic carbocycles. The van der Waals surface area contributed by atoms with Crippen LogP contribution in [0.4, 0.5) is 0 Å². The van der Waals surface area contributed by atoms with E-state index in [1.807, 2.05) is 0 Å². The fourth-order valence-electron chi connectivity index (χ4n) is 1.87. The number of terminal acetylenes is 1. The minimum Gasteiger partial charge on any atom is -0.453 e. The van der Waals surface area contributed by atoms with Crippen molar-refractivity contribution in [2.45, 2.75) is 38.1 Å². The van der Waals surface area contributed by atoms with Gasteiger partial charge in [0.1, 0.15) is 6.61 Å². The van der Waals surface area contributed by atoms with Gasteiger partial charge in [0, 0.05) is 13.3 Å². The second-order valence-electron chi connectivity index (χ2n) is 3.88. The Hall–Kier alpha value is -1.31. The molecule has 0 N–H and O–H groups in total. The lowest BCUT2D eigenvalue weighted by atomic mass is 9.99. The van der Waals surface area contributed by atoms with Crippen LogP contribution < -0.4 is 0 Å². The van der Waals surface area contributed by atoms with Crippen molar-refractivity contribution < 1.29 is 19.0 Å². The van der Waals surface area contributed by atoms with Crippen molar-refractivity contribution in [3.05, 3.63) is 12.7 Å². The maximum atomic E-state index is 11.1. The second-order valence-corrected chi connectivity index (χ2v) is 3.88. The molecular formula is C13H18O4. The zero-order chi connectivity index (χ0) is 12.7. The zero-order valence-electron chi connectivity index (χ0n) is 10.1. The molecule has 0 aromatic carbocycles. The number of hydrogen-bond donors (Lipinski definition) is 0. The molecule has 94 valence electrons.